The summed E-state index contributed by atoms with van der Waals surface area (Å²) in [5, 5.41) is 8.82. The highest BCUT2D eigenvalue weighted by molar-refractivity contribution is 5.71. The van der Waals surface area contributed by atoms with Gasteiger partial charge in [-0.05, 0) is 17.7 Å². The van der Waals surface area contributed by atoms with Gasteiger partial charge in [-0.3, -0.25) is 9.78 Å². The van der Waals surface area contributed by atoms with Crippen molar-refractivity contribution < 1.29 is 14.6 Å². The molecule has 0 aliphatic carbocycles. The van der Waals surface area contributed by atoms with Crippen molar-refractivity contribution in [3.63, 3.8) is 0 Å². The van der Waals surface area contributed by atoms with Gasteiger partial charge in [-0.1, -0.05) is 54.6 Å². The Bertz CT molecular complexity index is 814. The molecule has 4 nitrogen and oxygen atoms in total. The molecule has 0 saturated carbocycles. The zero-order valence-corrected chi connectivity index (χ0v) is 13.1. The Morgan fingerprint density at radius 2 is 1.71 bits per heavy atom. The number of carboxylic acid groups (broad SMARTS) is 1. The number of aromatic nitrogens is 1. The van der Waals surface area contributed by atoms with Crippen LogP contribution >= 0.6 is 0 Å². The Kier molecular flexibility index (Phi) is 4.87. The standard InChI is InChI=1S/C20H17NO3/c22-20(23)12-17-11-10-16(13-21-17)18-8-4-5-9-19(18)24-14-15-6-2-1-3-7-15/h1-11,13H,12,14H2,(H,22,23). The van der Waals surface area contributed by atoms with E-state index in [0.717, 1.165) is 22.4 Å². The van der Waals surface area contributed by atoms with E-state index in [1.165, 1.54) is 0 Å². The fourth-order valence-corrected chi connectivity index (χ4v) is 2.41. The van der Waals surface area contributed by atoms with Gasteiger partial charge >= 0.3 is 5.97 Å². The van der Waals surface area contributed by atoms with E-state index in [1.807, 2.05) is 60.7 Å². The average Bonchev–Trinajstić information content (AvgIpc) is 2.61. The van der Waals surface area contributed by atoms with E-state index in [2.05, 4.69) is 4.98 Å². The summed E-state index contributed by atoms with van der Waals surface area (Å²) < 4.78 is 5.95. The molecule has 0 fully saturated rings. The van der Waals surface area contributed by atoms with Gasteiger partial charge in [0.25, 0.3) is 0 Å². The molecular formula is C20H17NO3. The normalized spacial score (nSPS) is 10.3. The third-order valence-electron chi connectivity index (χ3n) is 3.59. The zero-order valence-electron chi connectivity index (χ0n) is 13.1. The van der Waals surface area contributed by atoms with Crippen LogP contribution in [0.25, 0.3) is 11.1 Å². The van der Waals surface area contributed by atoms with Gasteiger partial charge in [-0.25, -0.2) is 0 Å². The largest absolute Gasteiger partial charge is 0.488 e. The topological polar surface area (TPSA) is 59.4 Å². The lowest BCUT2D eigenvalue weighted by atomic mass is 10.1. The molecule has 0 aliphatic rings. The highest BCUT2D eigenvalue weighted by Gasteiger charge is 2.08. The maximum absolute atomic E-state index is 10.7. The molecule has 1 N–H and O–H groups in total. The summed E-state index contributed by atoms with van der Waals surface area (Å²) in [5.41, 5.74) is 3.46. The second-order valence-electron chi connectivity index (χ2n) is 5.38. The Morgan fingerprint density at radius 3 is 2.42 bits per heavy atom. The van der Waals surface area contributed by atoms with Gasteiger partial charge in [-0.2, -0.15) is 0 Å². The van der Waals surface area contributed by atoms with Crippen LogP contribution in [0.1, 0.15) is 11.3 Å². The van der Waals surface area contributed by atoms with Crippen molar-refractivity contribution in [3.8, 4) is 16.9 Å². The Balaban J connectivity index is 1.79. The molecule has 3 aromatic rings. The van der Waals surface area contributed by atoms with E-state index in [0.29, 0.717) is 12.3 Å². The van der Waals surface area contributed by atoms with E-state index in [-0.39, 0.29) is 6.42 Å². The predicted octanol–water partition coefficient (Wildman–Crippen LogP) is 3.95. The first-order valence-electron chi connectivity index (χ1n) is 7.65. The molecule has 4 heteroatoms. The third kappa shape index (κ3) is 3.98. The molecule has 1 heterocycles. The van der Waals surface area contributed by atoms with E-state index in [9.17, 15) is 4.79 Å². The molecule has 0 atom stereocenters. The summed E-state index contributed by atoms with van der Waals surface area (Å²) >= 11 is 0. The molecule has 120 valence electrons. The molecule has 3 rings (SSSR count). The first-order valence-corrected chi connectivity index (χ1v) is 7.65. The summed E-state index contributed by atoms with van der Waals surface area (Å²) in [5.74, 6) is -0.115. The summed E-state index contributed by atoms with van der Waals surface area (Å²) in [6.45, 7) is 0.488. The lowest BCUT2D eigenvalue weighted by molar-refractivity contribution is -0.136. The highest BCUT2D eigenvalue weighted by Crippen LogP contribution is 2.30. The maximum Gasteiger partial charge on any atom is 0.309 e. The lowest BCUT2D eigenvalue weighted by Gasteiger charge is -2.12. The molecule has 2 aromatic carbocycles. The van der Waals surface area contributed by atoms with Crippen molar-refractivity contribution in [2.75, 3.05) is 0 Å². The Hall–Kier alpha value is -3.14. The molecule has 0 saturated heterocycles. The smallest absolute Gasteiger partial charge is 0.309 e. The van der Waals surface area contributed by atoms with Crippen molar-refractivity contribution in [1.29, 1.82) is 0 Å². The van der Waals surface area contributed by atoms with Gasteiger partial charge in [0.15, 0.2) is 0 Å². The van der Waals surface area contributed by atoms with Crippen LogP contribution in [-0.2, 0) is 17.8 Å². The minimum atomic E-state index is -0.887. The van der Waals surface area contributed by atoms with Crippen molar-refractivity contribution in [2.24, 2.45) is 0 Å². The maximum atomic E-state index is 10.7. The van der Waals surface area contributed by atoms with Crippen LogP contribution in [0.2, 0.25) is 0 Å². The zero-order chi connectivity index (χ0) is 16.8. The van der Waals surface area contributed by atoms with Gasteiger partial charge in [-0.15, -0.1) is 0 Å². The molecule has 0 amide bonds. The van der Waals surface area contributed by atoms with E-state index in [4.69, 9.17) is 9.84 Å². The summed E-state index contributed by atoms with van der Waals surface area (Å²) in [7, 11) is 0. The molecule has 0 spiro atoms. The molecular weight excluding hydrogens is 302 g/mol. The number of hydrogen-bond acceptors (Lipinski definition) is 3. The monoisotopic (exact) mass is 319 g/mol. The van der Waals surface area contributed by atoms with Gasteiger partial charge in [0.1, 0.15) is 12.4 Å². The second kappa shape index (κ2) is 7.42. The number of nitrogens with zero attached hydrogens (tertiary/aromatic N) is 1. The quantitative estimate of drug-likeness (QED) is 0.747. The predicted molar refractivity (Wildman–Crippen MR) is 91.8 cm³/mol. The number of carbonyl (C=O) groups is 1. The van der Waals surface area contributed by atoms with Crippen molar-refractivity contribution in [3.05, 3.63) is 84.2 Å². The second-order valence-corrected chi connectivity index (χ2v) is 5.38. The van der Waals surface area contributed by atoms with Crippen LogP contribution in [0.4, 0.5) is 0 Å². The molecule has 0 bridgehead atoms. The average molecular weight is 319 g/mol. The van der Waals surface area contributed by atoms with Crippen molar-refractivity contribution in [2.45, 2.75) is 13.0 Å². The molecule has 0 aliphatic heterocycles. The van der Waals surface area contributed by atoms with Crippen LogP contribution in [0.15, 0.2) is 72.9 Å². The fourth-order valence-electron chi connectivity index (χ4n) is 2.41. The van der Waals surface area contributed by atoms with Gasteiger partial charge in [0.2, 0.25) is 0 Å². The summed E-state index contributed by atoms with van der Waals surface area (Å²) in [4.78, 5) is 15.0. The van der Waals surface area contributed by atoms with Crippen molar-refractivity contribution >= 4 is 5.97 Å². The number of carboxylic acids is 1. The van der Waals surface area contributed by atoms with Gasteiger partial charge in [0, 0.05) is 17.3 Å². The number of benzene rings is 2. The van der Waals surface area contributed by atoms with Gasteiger partial charge in [0.05, 0.1) is 12.1 Å². The van der Waals surface area contributed by atoms with Crippen LogP contribution in [0.3, 0.4) is 0 Å². The first kappa shape index (κ1) is 15.7. The number of ether oxygens (including phenoxy) is 1. The van der Waals surface area contributed by atoms with Crippen LogP contribution < -0.4 is 4.74 Å². The van der Waals surface area contributed by atoms with Crippen LogP contribution in [0.5, 0.6) is 5.75 Å². The lowest BCUT2D eigenvalue weighted by Crippen LogP contribution is -2.02. The summed E-state index contributed by atoms with van der Waals surface area (Å²) in [6, 6.07) is 21.3. The molecule has 1 aromatic heterocycles. The number of pyridine rings is 1. The molecule has 0 unspecified atom stereocenters. The first-order chi connectivity index (χ1) is 11.7. The number of para-hydroxylation sites is 1. The highest BCUT2D eigenvalue weighted by atomic mass is 16.5. The SMILES string of the molecule is O=C(O)Cc1ccc(-c2ccccc2OCc2ccccc2)cn1. The Labute approximate surface area is 140 Å². The van der Waals surface area contributed by atoms with Crippen LogP contribution in [-0.4, -0.2) is 16.1 Å². The minimum Gasteiger partial charge on any atom is -0.488 e. The third-order valence-corrected chi connectivity index (χ3v) is 3.59. The van der Waals surface area contributed by atoms with Crippen molar-refractivity contribution in [1.82, 2.24) is 4.98 Å². The fraction of sp³-hybridized carbons (Fsp3) is 0.100. The van der Waals surface area contributed by atoms with Crippen LogP contribution in [0, 0.1) is 0 Å². The minimum absolute atomic E-state index is 0.0770. The van der Waals surface area contributed by atoms with E-state index >= 15 is 0 Å². The summed E-state index contributed by atoms with van der Waals surface area (Å²) in [6.07, 6.45) is 1.61. The van der Waals surface area contributed by atoms with Gasteiger partial charge < -0.3 is 9.84 Å². The molecule has 0 radical (unpaired) electrons. The van der Waals surface area contributed by atoms with E-state index < -0.39 is 5.97 Å². The van der Waals surface area contributed by atoms with E-state index in [1.54, 1.807) is 12.3 Å². The number of aliphatic carboxylic acids is 1. The number of rotatable bonds is 6. The molecule has 24 heavy (non-hydrogen) atoms. The Morgan fingerprint density at radius 1 is 0.958 bits per heavy atom. The number of hydrogen-bond donors (Lipinski definition) is 1.